The van der Waals surface area contributed by atoms with Crippen molar-refractivity contribution in [2.75, 3.05) is 7.05 Å². The zero-order valence-corrected chi connectivity index (χ0v) is 10.9. The van der Waals surface area contributed by atoms with Gasteiger partial charge in [-0.15, -0.1) is 0 Å². The summed E-state index contributed by atoms with van der Waals surface area (Å²) >= 11 is 0. The van der Waals surface area contributed by atoms with Crippen molar-refractivity contribution < 1.29 is 4.79 Å². The van der Waals surface area contributed by atoms with Crippen molar-refractivity contribution in [2.24, 2.45) is 0 Å². The maximum Gasteiger partial charge on any atom is 0.224 e. The Labute approximate surface area is 107 Å². The van der Waals surface area contributed by atoms with Gasteiger partial charge in [0.2, 0.25) is 5.91 Å². The standard InChI is InChI=1S/C14H17N3O/c1-10-13(9-14(18)15-3)11(2)17(16-10)12-7-5-4-6-8-12/h4-8H,9H2,1-3H3,(H,15,18). The third kappa shape index (κ3) is 2.27. The van der Waals surface area contributed by atoms with Gasteiger partial charge in [0.1, 0.15) is 0 Å². The first-order valence-corrected chi connectivity index (χ1v) is 5.94. The number of carbonyl (C=O) groups excluding carboxylic acids is 1. The van der Waals surface area contributed by atoms with E-state index in [9.17, 15) is 4.79 Å². The molecular weight excluding hydrogens is 226 g/mol. The molecule has 0 bridgehead atoms. The predicted molar refractivity (Wildman–Crippen MR) is 70.8 cm³/mol. The molecular formula is C14H17N3O. The number of benzene rings is 1. The molecule has 0 spiro atoms. The molecule has 0 atom stereocenters. The van der Waals surface area contributed by atoms with Gasteiger partial charge >= 0.3 is 0 Å². The van der Waals surface area contributed by atoms with Crippen LogP contribution in [0.1, 0.15) is 17.0 Å². The van der Waals surface area contributed by atoms with Gasteiger partial charge in [0.15, 0.2) is 0 Å². The Kier molecular flexibility index (Phi) is 3.46. The number of aromatic nitrogens is 2. The fourth-order valence-electron chi connectivity index (χ4n) is 2.00. The summed E-state index contributed by atoms with van der Waals surface area (Å²) in [5.41, 5.74) is 3.93. The molecule has 1 N–H and O–H groups in total. The van der Waals surface area contributed by atoms with E-state index in [4.69, 9.17) is 0 Å². The van der Waals surface area contributed by atoms with E-state index >= 15 is 0 Å². The summed E-state index contributed by atoms with van der Waals surface area (Å²) in [5, 5.41) is 7.15. The highest BCUT2D eigenvalue weighted by Gasteiger charge is 2.14. The SMILES string of the molecule is CNC(=O)Cc1c(C)nn(-c2ccccc2)c1C. The topological polar surface area (TPSA) is 46.9 Å². The molecule has 0 aliphatic carbocycles. The molecule has 0 unspecified atom stereocenters. The van der Waals surface area contributed by atoms with Crippen molar-refractivity contribution in [3.8, 4) is 5.69 Å². The van der Waals surface area contributed by atoms with Crippen LogP contribution in [0, 0.1) is 13.8 Å². The molecule has 2 aromatic rings. The van der Waals surface area contributed by atoms with Crippen LogP contribution in [0.5, 0.6) is 0 Å². The molecule has 1 aromatic heterocycles. The molecule has 1 amide bonds. The Bertz CT molecular complexity index is 558. The lowest BCUT2D eigenvalue weighted by atomic mass is 10.1. The van der Waals surface area contributed by atoms with Crippen LogP contribution in [0.2, 0.25) is 0 Å². The molecule has 18 heavy (non-hydrogen) atoms. The summed E-state index contributed by atoms with van der Waals surface area (Å²) in [7, 11) is 1.65. The third-order valence-electron chi connectivity index (χ3n) is 3.06. The monoisotopic (exact) mass is 243 g/mol. The van der Waals surface area contributed by atoms with Crippen LogP contribution in [0.15, 0.2) is 30.3 Å². The number of carbonyl (C=O) groups is 1. The van der Waals surface area contributed by atoms with Gasteiger partial charge in [-0.1, -0.05) is 18.2 Å². The van der Waals surface area contributed by atoms with Crippen LogP contribution in [-0.4, -0.2) is 22.7 Å². The van der Waals surface area contributed by atoms with Crippen LogP contribution < -0.4 is 5.32 Å². The number of para-hydroxylation sites is 1. The molecule has 0 radical (unpaired) electrons. The average Bonchev–Trinajstić information content (AvgIpc) is 2.67. The van der Waals surface area contributed by atoms with Crippen molar-refractivity contribution >= 4 is 5.91 Å². The maximum absolute atomic E-state index is 11.5. The second-order valence-electron chi connectivity index (χ2n) is 4.25. The highest BCUT2D eigenvalue weighted by Crippen LogP contribution is 2.18. The number of hydrogen-bond acceptors (Lipinski definition) is 2. The van der Waals surface area contributed by atoms with E-state index in [1.54, 1.807) is 7.05 Å². The number of nitrogens with one attached hydrogen (secondary N) is 1. The minimum atomic E-state index is 0.00816. The van der Waals surface area contributed by atoms with Crippen molar-refractivity contribution in [1.29, 1.82) is 0 Å². The largest absolute Gasteiger partial charge is 0.359 e. The molecule has 0 fully saturated rings. The van der Waals surface area contributed by atoms with E-state index in [0.717, 1.165) is 22.6 Å². The Morgan fingerprint density at radius 1 is 1.28 bits per heavy atom. The smallest absolute Gasteiger partial charge is 0.224 e. The molecule has 0 saturated heterocycles. The number of nitrogens with zero attached hydrogens (tertiary/aromatic N) is 2. The molecule has 1 heterocycles. The molecule has 4 heteroatoms. The lowest BCUT2D eigenvalue weighted by Crippen LogP contribution is -2.20. The van der Waals surface area contributed by atoms with Crippen molar-refractivity contribution in [1.82, 2.24) is 15.1 Å². The molecule has 0 saturated carbocycles. The van der Waals surface area contributed by atoms with Gasteiger partial charge in [-0.2, -0.15) is 5.10 Å². The normalized spacial score (nSPS) is 10.4. The quantitative estimate of drug-likeness (QED) is 0.893. The van der Waals surface area contributed by atoms with Gasteiger partial charge in [0.05, 0.1) is 17.8 Å². The highest BCUT2D eigenvalue weighted by atomic mass is 16.1. The fraction of sp³-hybridized carbons (Fsp3) is 0.286. The Balaban J connectivity index is 2.41. The first-order valence-electron chi connectivity index (χ1n) is 5.94. The van der Waals surface area contributed by atoms with Gasteiger partial charge in [0.25, 0.3) is 0 Å². The minimum Gasteiger partial charge on any atom is -0.359 e. The number of aryl methyl sites for hydroxylation is 1. The lowest BCUT2D eigenvalue weighted by molar-refractivity contribution is -0.119. The fourth-order valence-corrected chi connectivity index (χ4v) is 2.00. The van der Waals surface area contributed by atoms with Crippen molar-refractivity contribution in [2.45, 2.75) is 20.3 Å². The van der Waals surface area contributed by atoms with Crippen molar-refractivity contribution in [3.05, 3.63) is 47.3 Å². The molecule has 0 aliphatic rings. The van der Waals surface area contributed by atoms with Crippen LogP contribution in [0.3, 0.4) is 0 Å². The summed E-state index contributed by atoms with van der Waals surface area (Å²) in [6.45, 7) is 3.93. The predicted octanol–water partition coefficient (Wildman–Crippen LogP) is 1.78. The average molecular weight is 243 g/mol. The third-order valence-corrected chi connectivity index (χ3v) is 3.06. The van der Waals surface area contributed by atoms with E-state index in [1.807, 2.05) is 48.9 Å². The molecule has 2 rings (SSSR count). The molecule has 0 aliphatic heterocycles. The summed E-state index contributed by atoms with van der Waals surface area (Å²) in [4.78, 5) is 11.5. The molecule has 4 nitrogen and oxygen atoms in total. The zero-order chi connectivity index (χ0) is 13.1. The van der Waals surface area contributed by atoms with Crippen molar-refractivity contribution in [3.63, 3.8) is 0 Å². The number of hydrogen-bond donors (Lipinski definition) is 1. The highest BCUT2D eigenvalue weighted by molar-refractivity contribution is 5.78. The van der Waals surface area contributed by atoms with Gasteiger partial charge in [-0.25, -0.2) is 4.68 Å². The number of amides is 1. The van der Waals surface area contributed by atoms with Crippen LogP contribution >= 0.6 is 0 Å². The van der Waals surface area contributed by atoms with E-state index in [-0.39, 0.29) is 5.91 Å². The zero-order valence-electron chi connectivity index (χ0n) is 10.9. The van der Waals surface area contributed by atoms with E-state index in [2.05, 4.69) is 10.4 Å². The van der Waals surface area contributed by atoms with Crippen LogP contribution in [0.25, 0.3) is 5.69 Å². The summed E-state index contributed by atoms with van der Waals surface area (Å²) in [5.74, 6) is 0.00816. The van der Waals surface area contributed by atoms with Gasteiger partial charge < -0.3 is 5.32 Å². The van der Waals surface area contributed by atoms with Gasteiger partial charge in [-0.3, -0.25) is 4.79 Å². The summed E-state index contributed by atoms with van der Waals surface area (Å²) < 4.78 is 1.88. The second-order valence-corrected chi connectivity index (χ2v) is 4.25. The van der Waals surface area contributed by atoms with Crippen LogP contribution in [-0.2, 0) is 11.2 Å². The minimum absolute atomic E-state index is 0.00816. The van der Waals surface area contributed by atoms with E-state index in [1.165, 1.54) is 0 Å². The van der Waals surface area contributed by atoms with Crippen LogP contribution in [0.4, 0.5) is 0 Å². The maximum atomic E-state index is 11.5. The lowest BCUT2D eigenvalue weighted by Gasteiger charge is -2.04. The van der Waals surface area contributed by atoms with Gasteiger partial charge in [0, 0.05) is 18.3 Å². The first kappa shape index (κ1) is 12.4. The second kappa shape index (κ2) is 5.04. The number of rotatable bonds is 3. The van der Waals surface area contributed by atoms with E-state index < -0.39 is 0 Å². The Morgan fingerprint density at radius 3 is 2.56 bits per heavy atom. The van der Waals surface area contributed by atoms with E-state index in [0.29, 0.717) is 6.42 Å². The molecule has 94 valence electrons. The number of likely N-dealkylation sites (N-methyl/N-ethyl adjacent to an activating group) is 1. The Hall–Kier alpha value is -2.10. The summed E-state index contributed by atoms with van der Waals surface area (Å²) in [6, 6.07) is 9.93. The Morgan fingerprint density at radius 2 is 1.94 bits per heavy atom. The summed E-state index contributed by atoms with van der Waals surface area (Å²) in [6.07, 6.45) is 0.376. The van der Waals surface area contributed by atoms with Gasteiger partial charge in [-0.05, 0) is 26.0 Å². The first-order chi connectivity index (χ1) is 8.63. The molecule has 1 aromatic carbocycles.